The molecule has 2 N–H and O–H groups in total. The molecule has 0 aliphatic heterocycles. The molecule has 2 nitrogen and oxygen atoms in total. The maximum atomic E-state index is 12.8. The summed E-state index contributed by atoms with van der Waals surface area (Å²) in [6, 6.07) is 10.3. The molecule has 0 fully saturated rings. The minimum atomic E-state index is -4.40. The van der Waals surface area contributed by atoms with Gasteiger partial charge in [0.05, 0.1) is 5.56 Å². The number of hydrogen-bond acceptors (Lipinski definition) is 2. The minimum absolute atomic E-state index is 0.0119. The third-order valence-electron chi connectivity index (χ3n) is 3.05. The van der Waals surface area contributed by atoms with Crippen LogP contribution in [0.25, 0.3) is 0 Å². The Labute approximate surface area is 128 Å². The number of halogens is 4. The lowest BCUT2D eigenvalue weighted by Crippen LogP contribution is -2.10. The molecule has 6 heteroatoms. The van der Waals surface area contributed by atoms with Gasteiger partial charge in [-0.2, -0.15) is 13.2 Å². The van der Waals surface area contributed by atoms with Gasteiger partial charge >= 0.3 is 6.18 Å². The fourth-order valence-corrected chi connectivity index (χ4v) is 2.40. The molecular formula is C15H13BrF3NO. The molecule has 112 valence electrons. The van der Waals surface area contributed by atoms with Crippen molar-refractivity contribution in [3.63, 3.8) is 0 Å². The summed E-state index contributed by atoms with van der Waals surface area (Å²) in [5.74, 6) is 0.147. The van der Waals surface area contributed by atoms with Gasteiger partial charge in [0, 0.05) is 16.2 Å². The Kier molecular flexibility index (Phi) is 4.46. The second-order valence-electron chi connectivity index (χ2n) is 4.65. The largest absolute Gasteiger partial charge is 0.508 e. The summed E-state index contributed by atoms with van der Waals surface area (Å²) in [6.45, 7) is 1.84. The summed E-state index contributed by atoms with van der Waals surface area (Å²) < 4.78 is 38.6. The first-order chi connectivity index (χ1) is 9.77. The first kappa shape index (κ1) is 15.7. The second kappa shape index (κ2) is 5.97. The Balaban J connectivity index is 2.21. The van der Waals surface area contributed by atoms with Crippen LogP contribution in [0.5, 0.6) is 5.75 Å². The van der Waals surface area contributed by atoms with Gasteiger partial charge in [0.2, 0.25) is 0 Å². The average molecular weight is 360 g/mol. The van der Waals surface area contributed by atoms with Gasteiger partial charge in [0.25, 0.3) is 0 Å². The lowest BCUT2D eigenvalue weighted by molar-refractivity contribution is -0.138. The van der Waals surface area contributed by atoms with Crippen LogP contribution in [-0.4, -0.2) is 5.11 Å². The van der Waals surface area contributed by atoms with Crippen LogP contribution in [0.2, 0.25) is 0 Å². The first-order valence-corrected chi connectivity index (χ1v) is 6.99. The maximum absolute atomic E-state index is 12.8. The molecule has 0 saturated heterocycles. The average Bonchev–Trinajstić information content (AvgIpc) is 2.40. The molecule has 0 heterocycles. The summed E-state index contributed by atoms with van der Waals surface area (Å²) >= 11 is 2.91. The van der Waals surface area contributed by atoms with Crippen molar-refractivity contribution in [1.82, 2.24) is 0 Å². The predicted molar refractivity (Wildman–Crippen MR) is 79.3 cm³/mol. The summed E-state index contributed by atoms with van der Waals surface area (Å²) in [7, 11) is 0. The number of rotatable bonds is 3. The van der Waals surface area contributed by atoms with Gasteiger partial charge in [0.1, 0.15) is 5.75 Å². The van der Waals surface area contributed by atoms with Crippen molar-refractivity contribution < 1.29 is 18.3 Å². The van der Waals surface area contributed by atoms with Crippen molar-refractivity contribution >= 4 is 21.6 Å². The van der Waals surface area contributed by atoms with Gasteiger partial charge in [-0.15, -0.1) is 0 Å². The van der Waals surface area contributed by atoms with E-state index in [0.29, 0.717) is 5.69 Å². The van der Waals surface area contributed by atoms with Crippen molar-refractivity contribution in [1.29, 1.82) is 0 Å². The van der Waals surface area contributed by atoms with Crippen molar-refractivity contribution in [3.05, 3.63) is 58.1 Å². The highest BCUT2D eigenvalue weighted by Gasteiger charge is 2.33. The number of nitrogens with one attached hydrogen (secondary N) is 1. The molecule has 0 aliphatic rings. The van der Waals surface area contributed by atoms with E-state index in [1.807, 2.05) is 6.92 Å². The standard InChI is InChI=1S/C15H13BrF3NO/c1-9(10-2-5-12(21)6-3-10)20-11-4-7-14(16)13(8-11)15(17,18)19/h2-9,20-21H,1H3. The van der Waals surface area contributed by atoms with Gasteiger partial charge in [-0.1, -0.05) is 28.1 Å². The van der Waals surface area contributed by atoms with E-state index in [1.54, 1.807) is 18.2 Å². The summed E-state index contributed by atoms with van der Waals surface area (Å²) in [5, 5.41) is 12.2. The molecule has 0 aromatic heterocycles. The Bertz CT molecular complexity index is 626. The number of phenols is 1. The van der Waals surface area contributed by atoms with Crippen LogP contribution < -0.4 is 5.32 Å². The smallest absolute Gasteiger partial charge is 0.417 e. The molecule has 0 saturated carbocycles. The fourth-order valence-electron chi connectivity index (χ4n) is 1.93. The molecule has 0 bridgehead atoms. The molecule has 0 radical (unpaired) electrons. The van der Waals surface area contributed by atoms with Crippen LogP contribution in [0, 0.1) is 0 Å². The Morgan fingerprint density at radius 2 is 1.71 bits per heavy atom. The fraction of sp³-hybridized carbons (Fsp3) is 0.200. The SMILES string of the molecule is CC(Nc1ccc(Br)c(C(F)(F)F)c1)c1ccc(O)cc1. The van der Waals surface area contributed by atoms with Gasteiger partial charge in [0.15, 0.2) is 0 Å². The maximum Gasteiger partial charge on any atom is 0.417 e. The lowest BCUT2D eigenvalue weighted by Gasteiger charge is -2.18. The Morgan fingerprint density at radius 1 is 1.10 bits per heavy atom. The molecule has 21 heavy (non-hydrogen) atoms. The van der Waals surface area contributed by atoms with Gasteiger partial charge in [-0.05, 0) is 42.8 Å². The molecular weight excluding hydrogens is 347 g/mol. The number of hydrogen-bond donors (Lipinski definition) is 2. The van der Waals surface area contributed by atoms with E-state index in [1.165, 1.54) is 18.2 Å². The molecule has 1 atom stereocenters. The minimum Gasteiger partial charge on any atom is -0.508 e. The highest BCUT2D eigenvalue weighted by Crippen LogP contribution is 2.37. The number of alkyl halides is 3. The third kappa shape index (κ3) is 3.91. The lowest BCUT2D eigenvalue weighted by atomic mass is 10.1. The number of phenolic OH excluding ortho intramolecular Hbond substituents is 1. The van der Waals surface area contributed by atoms with E-state index < -0.39 is 11.7 Å². The number of aromatic hydroxyl groups is 1. The van der Waals surface area contributed by atoms with E-state index in [-0.39, 0.29) is 16.3 Å². The van der Waals surface area contributed by atoms with E-state index in [0.717, 1.165) is 11.6 Å². The molecule has 2 aromatic carbocycles. The van der Waals surface area contributed by atoms with Crippen LogP contribution >= 0.6 is 15.9 Å². The summed E-state index contributed by atoms with van der Waals surface area (Å²) in [4.78, 5) is 0. The van der Waals surface area contributed by atoms with Crippen LogP contribution in [0.15, 0.2) is 46.9 Å². The van der Waals surface area contributed by atoms with Crippen LogP contribution in [-0.2, 0) is 6.18 Å². The number of benzene rings is 2. The molecule has 1 unspecified atom stereocenters. The second-order valence-corrected chi connectivity index (χ2v) is 5.50. The van der Waals surface area contributed by atoms with E-state index in [9.17, 15) is 18.3 Å². The van der Waals surface area contributed by atoms with Crippen LogP contribution in [0.3, 0.4) is 0 Å². The van der Waals surface area contributed by atoms with Crippen molar-refractivity contribution in [3.8, 4) is 5.75 Å². The van der Waals surface area contributed by atoms with Crippen LogP contribution in [0.4, 0.5) is 18.9 Å². The Hall–Kier alpha value is -1.69. The van der Waals surface area contributed by atoms with E-state index in [2.05, 4.69) is 21.2 Å². The van der Waals surface area contributed by atoms with Gasteiger partial charge < -0.3 is 10.4 Å². The van der Waals surface area contributed by atoms with E-state index >= 15 is 0 Å². The quantitative estimate of drug-likeness (QED) is 0.774. The monoisotopic (exact) mass is 359 g/mol. The van der Waals surface area contributed by atoms with Crippen molar-refractivity contribution in [2.75, 3.05) is 5.32 Å². The number of anilines is 1. The molecule has 2 aromatic rings. The predicted octanol–water partition coefficient (Wildman–Crippen LogP) is 5.35. The molecule has 2 rings (SSSR count). The summed E-state index contributed by atoms with van der Waals surface area (Å²) in [5.41, 5.74) is 0.529. The topological polar surface area (TPSA) is 32.3 Å². The van der Waals surface area contributed by atoms with Crippen LogP contribution in [0.1, 0.15) is 24.1 Å². The molecule has 0 amide bonds. The zero-order valence-corrected chi connectivity index (χ0v) is 12.7. The van der Waals surface area contributed by atoms with Crippen molar-refractivity contribution in [2.24, 2.45) is 0 Å². The van der Waals surface area contributed by atoms with E-state index in [4.69, 9.17) is 0 Å². The zero-order chi connectivity index (χ0) is 15.6. The highest BCUT2D eigenvalue weighted by atomic mass is 79.9. The highest BCUT2D eigenvalue weighted by molar-refractivity contribution is 9.10. The zero-order valence-electron chi connectivity index (χ0n) is 11.1. The van der Waals surface area contributed by atoms with Gasteiger partial charge in [-0.25, -0.2) is 0 Å². The Morgan fingerprint density at radius 3 is 2.29 bits per heavy atom. The third-order valence-corrected chi connectivity index (χ3v) is 3.74. The van der Waals surface area contributed by atoms with Crippen molar-refractivity contribution in [2.45, 2.75) is 19.1 Å². The normalized spacial score (nSPS) is 13.0. The first-order valence-electron chi connectivity index (χ1n) is 6.19. The molecule has 0 aliphatic carbocycles. The summed E-state index contributed by atoms with van der Waals surface area (Å²) in [6.07, 6.45) is -4.40. The molecule has 0 spiro atoms. The van der Waals surface area contributed by atoms with Gasteiger partial charge in [-0.3, -0.25) is 0 Å².